The number of hydrogen-bond acceptors (Lipinski definition) is 11. The molecular weight excluding hydrogens is 823 g/mol. The van der Waals surface area contributed by atoms with Crippen LogP contribution in [0.25, 0.3) is 0 Å². The summed E-state index contributed by atoms with van der Waals surface area (Å²) in [6.45, 7) is 1.37. The highest BCUT2D eigenvalue weighted by Crippen LogP contribution is 2.43. The number of halogens is 3. The number of carbonyl (C=O) groups excluding carboxylic acids is 6. The van der Waals surface area contributed by atoms with Gasteiger partial charge in [0.1, 0.15) is 13.2 Å². The van der Waals surface area contributed by atoms with E-state index < -0.39 is 66.8 Å². The number of hydrogen-bond donors (Lipinski definition) is 4. The minimum Gasteiger partial charge on any atom is -0.465 e. The molecule has 0 aliphatic carbocycles. The fourth-order valence-electron chi connectivity index (χ4n) is 2.75. The first-order valence-electron chi connectivity index (χ1n) is 9.78. The zero-order valence-electron chi connectivity index (χ0n) is 19.1. The average Bonchev–Trinajstić information content (AvgIpc) is 2.78. The van der Waals surface area contributed by atoms with Crippen LogP contribution < -0.4 is 16.8 Å². The van der Waals surface area contributed by atoms with E-state index in [1.54, 1.807) is 45.2 Å². The van der Waals surface area contributed by atoms with E-state index >= 15 is 0 Å². The van der Waals surface area contributed by atoms with Crippen LogP contribution in [0.1, 0.15) is 26.3 Å². The molecule has 0 bridgehead atoms. The fourth-order valence-corrected chi connectivity index (χ4v) is 6.97. The van der Waals surface area contributed by atoms with Crippen molar-refractivity contribution in [1.29, 1.82) is 0 Å². The van der Waals surface area contributed by atoms with Gasteiger partial charge in [0.2, 0.25) is 5.60 Å². The lowest BCUT2D eigenvalue weighted by molar-refractivity contribution is -0.160. The van der Waals surface area contributed by atoms with Crippen LogP contribution >= 0.6 is 67.8 Å². The topological polar surface area (TPSA) is 214 Å². The largest absolute Gasteiger partial charge is 0.465 e. The second-order valence-electron chi connectivity index (χ2n) is 7.18. The molecule has 0 radical (unpaired) electrons. The minimum atomic E-state index is -3.04. The Morgan fingerprint density at radius 3 is 1.78 bits per heavy atom. The molecule has 13 nitrogen and oxygen atoms in total. The van der Waals surface area contributed by atoms with Crippen LogP contribution in [0.3, 0.4) is 0 Å². The van der Waals surface area contributed by atoms with E-state index in [1.807, 2.05) is 22.6 Å². The van der Waals surface area contributed by atoms with Crippen molar-refractivity contribution in [2.24, 2.45) is 11.7 Å². The van der Waals surface area contributed by atoms with Crippen molar-refractivity contribution in [3.63, 3.8) is 0 Å². The summed E-state index contributed by atoms with van der Waals surface area (Å²) < 4.78 is 14.8. The lowest BCUT2D eigenvalue weighted by atomic mass is 9.82. The molecule has 1 aromatic carbocycles. The van der Waals surface area contributed by atoms with Gasteiger partial charge in [0.05, 0.1) is 20.9 Å². The molecule has 1 unspecified atom stereocenters. The molecule has 2 amide bonds. The maximum Gasteiger partial charge on any atom is 0.303 e. The predicted octanol–water partition coefficient (Wildman–Crippen LogP) is 0.569. The van der Waals surface area contributed by atoms with Gasteiger partial charge in [-0.05, 0) is 67.8 Å². The maximum absolute atomic E-state index is 13.5. The molecule has 16 heteroatoms. The number of rotatable bonds is 11. The van der Waals surface area contributed by atoms with Gasteiger partial charge in [0.15, 0.2) is 12.4 Å². The second-order valence-corrected chi connectivity index (χ2v) is 10.4. The van der Waals surface area contributed by atoms with E-state index in [4.69, 9.17) is 20.9 Å². The van der Waals surface area contributed by atoms with Gasteiger partial charge in [0, 0.05) is 33.5 Å². The third kappa shape index (κ3) is 7.84. The normalized spacial score (nSPS) is 12.3. The molecule has 1 atom stereocenters. The highest BCUT2D eigenvalue weighted by molar-refractivity contribution is 14.1. The molecule has 198 valence electrons. The van der Waals surface area contributed by atoms with E-state index in [-0.39, 0.29) is 24.1 Å². The van der Waals surface area contributed by atoms with Crippen LogP contribution in [0.4, 0.5) is 11.4 Å². The molecular formula is C20H22I3N3O10. The second kappa shape index (κ2) is 13.7. The number of amides is 2. The molecule has 0 aromatic heterocycles. The van der Waals surface area contributed by atoms with Gasteiger partial charge in [0.25, 0.3) is 11.8 Å². The van der Waals surface area contributed by atoms with Crippen molar-refractivity contribution in [2.75, 3.05) is 30.9 Å². The Bertz CT molecular complexity index is 1090. The number of ether oxygens (including phenoxy) is 3. The van der Waals surface area contributed by atoms with Gasteiger partial charge in [-0.2, -0.15) is 0 Å². The standard InChI is InChI=1S/C20H22I3N3O10/c1-7(27)34-4-10(5-35-8(2)28)18(31)20(33,19(25)32)12-13(21)16(24)15(23)17(14(12)22)26-11(30)6-36-9(3)29/h10,33H,4-6,24H2,1-3H3,(H2,25,32)(H,26,30). The molecule has 0 aliphatic heterocycles. The number of Topliss-reactive ketones (excluding diaryl/α,β-unsaturated/α-hetero) is 1. The number of carbonyl (C=O) groups is 6. The van der Waals surface area contributed by atoms with Crippen molar-refractivity contribution in [3.05, 3.63) is 16.3 Å². The van der Waals surface area contributed by atoms with Crippen molar-refractivity contribution < 1.29 is 48.1 Å². The summed E-state index contributed by atoms with van der Waals surface area (Å²) in [6.07, 6.45) is 0. The SMILES string of the molecule is CC(=O)OCC(=O)Nc1c(I)c(N)c(I)c(C(O)(C(N)=O)C(=O)C(COC(C)=O)COC(C)=O)c1I. The van der Waals surface area contributed by atoms with Crippen molar-refractivity contribution in [2.45, 2.75) is 26.4 Å². The summed E-state index contributed by atoms with van der Waals surface area (Å²) in [5.41, 5.74) is 8.29. The first-order chi connectivity index (χ1) is 16.5. The first kappa shape index (κ1) is 32.2. The number of esters is 3. The summed E-state index contributed by atoms with van der Waals surface area (Å²) in [6, 6.07) is 0. The van der Waals surface area contributed by atoms with Gasteiger partial charge in [-0.1, -0.05) is 0 Å². The van der Waals surface area contributed by atoms with Crippen molar-refractivity contribution in [1.82, 2.24) is 0 Å². The summed E-state index contributed by atoms with van der Waals surface area (Å²) in [5, 5.41) is 14.0. The smallest absolute Gasteiger partial charge is 0.303 e. The quantitative estimate of drug-likeness (QED) is 0.0795. The van der Waals surface area contributed by atoms with Crippen LogP contribution in [-0.2, 0) is 48.6 Å². The third-order valence-electron chi connectivity index (χ3n) is 4.44. The van der Waals surface area contributed by atoms with Gasteiger partial charge in [-0.25, -0.2) is 0 Å². The monoisotopic (exact) mass is 845 g/mol. The zero-order valence-corrected chi connectivity index (χ0v) is 25.6. The van der Waals surface area contributed by atoms with Crippen molar-refractivity contribution >= 4 is 115 Å². The van der Waals surface area contributed by atoms with Gasteiger partial charge in [-0.15, -0.1) is 0 Å². The minimum absolute atomic E-state index is 0.00148. The Kier molecular flexibility index (Phi) is 12.2. The Morgan fingerprint density at radius 1 is 0.889 bits per heavy atom. The Balaban J connectivity index is 3.71. The van der Waals surface area contributed by atoms with Gasteiger partial charge < -0.3 is 36.1 Å². The van der Waals surface area contributed by atoms with E-state index in [9.17, 15) is 33.9 Å². The van der Waals surface area contributed by atoms with Crippen LogP contribution in [0, 0.1) is 16.6 Å². The van der Waals surface area contributed by atoms with E-state index in [0.29, 0.717) is 3.57 Å². The number of ketones is 1. The fraction of sp³-hybridized carbons (Fsp3) is 0.400. The number of anilines is 2. The van der Waals surface area contributed by atoms with Crippen LogP contribution in [0.15, 0.2) is 0 Å². The van der Waals surface area contributed by atoms with E-state index in [0.717, 1.165) is 20.8 Å². The third-order valence-corrected chi connectivity index (χ3v) is 7.76. The summed E-state index contributed by atoms with van der Waals surface area (Å²) >= 11 is 5.20. The molecule has 0 saturated carbocycles. The average molecular weight is 845 g/mol. The van der Waals surface area contributed by atoms with Crippen LogP contribution in [0.5, 0.6) is 0 Å². The number of benzene rings is 1. The molecule has 0 spiro atoms. The van der Waals surface area contributed by atoms with Crippen molar-refractivity contribution in [3.8, 4) is 0 Å². The molecule has 0 aliphatic rings. The lowest BCUT2D eigenvalue weighted by Gasteiger charge is -2.31. The highest BCUT2D eigenvalue weighted by atomic mass is 127. The molecule has 0 heterocycles. The number of nitrogens with one attached hydrogen (secondary N) is 1. The number of nitrogens with two attached hydrogens (primary N) is 2. The summed E-state index contributed by atoms with van der Waals surface area (Å²) in [7, 11) is 0. The van der Waals surface area contributed by atoms with Gasteiger partial charge >= 0.3 is 17.9 Å². The number of primary amides is 1. The van der Waals surface area contributed by atoms with E-state index in [2.05, 4.69) is 10.1 Å². The molecule has 1 rings (SSSR count). The van der Waals surface area contributed by atoms with Gasteiger partial charge in [-0.3, -0.25) is 28.8 Å². The number of nitrogen functional groups attached to an aromatic ring is 1. The summed E-state index contributed by atoms with van der Waals surface area (Å²) in [4.78, 5) is 72.0. The lowest BCUT2D eigenvalue weighted by Crippen LogP contribution is -2.53. The molecule has 36 heavy (non-hydrogen) atoms. The first-order valence-corrected chi connectivity index (χ1v) is 13.0. The molecule has 0 saturated heterocycles. The Hall–Kier alpha value is -1.81. The predicted molar refractivity (Wildman–Crippen MR) is 149 cm³/mol. The zero-order chi connectivity index (χ0) is 28.0. The molecule has 6 N–H and O–H groups in total. The van der Waals surface area contributed by atoms with Crippen LogP contribution in [-0.4, -0.2) is 60.4 Å². The molecule has 0 fully saturated rings. The summed E-state index contributed by atoms with van der Waals surface area (Å²) in [5.74, 6) is -7.19. The molecule has 1 aromatic rings. The van der Waals surface area contributed by atoms with Crippen LogP contribution in [0.2, 0.25) is 0 Å². The highest BCUT2D eigenvalue weighted by Gasteiger charge is 2.51. The maximum atomic E-state index is 13.5. The number of aliphatic hydroxyl groups is 1. The Labute approximate surface area is 246 Å². The Morgan fingerprint density at radius 2 is 1.36 bits per heavy atom. The van der Waals surface area contributed by atoms with E-state index in [1.165, 1.54) is 0 Å².